The minimum absolute atomic E-state index is 0.132. The Bertz CT molecular complexity index is 1160. The van der Waals surface area contributed by atoms with Gasteiger partial charge in [0.15, 0.2) is 0 Å². The Morgan fingerprint density at radius 3 is 2.37 bits per heavy atom. The second-order valence-electron chi connectivity index (χ2n) is 9.83. The predicted octanol–water partition coefficient (Wildman–Crippen LogP) is 5.58. The summed E-state index contributed by atoms with van der Waals surface area (Å²) in [6.07, 6.45) is 0.378. The van der Waals surface area contributed by atoms with Crippen molar-refractivity contribution >= 4 is 17.9 Å². The molecule has 1 unspecified atom stereocenters. The van der Waals surface area contributed by atoms with E-state index in [0.29, 0.717) is 13.1 Å². The molecule has 186 valence electrons. The highest BCUT2D eigenvalue weighted by atomic mass is 32.2. The van der Waals surface area contributed by atoms with E-state index in [9.17, 15) is 15.0 Å². The summed E-state index contributed by atoms with van der Waals surface area (Å²) < 4.78 is 2.02. The number of nitrogens with one attached hydrogen (secondary N) is 1. The van der Waals surface area contributed by atoms with Crippen molar-refractivity contribution in [1.29, 1.82) is 0 Å². The highest BCUT2D eigenvalue weighted by molar-refractivity contribution is 7.97. The fraction of sp³-hybridized carbons (Fsp3) is 0.345. The van der Waals surface area contributed by atoms with Crippen molar-refractivity contribution in [3.63, 3.8) is 0 Å². The molecule has 0 aromatic heterocycles. The Morgan fingerprint density at radius 1 is 1.00 bits per heavy atom. The van der Waals surface area contributed by atoms with Crippen molar-refractivity contribution in [2.75, 3.05) is 20.1 Å². The summed E-state index contributed by atoms with van der Waals surface area (Å²) in [7, 11) is 1.96. The zero-order valence-electron chi connectivity index (χ0n) is 21.2. The molecule has 6 heteroatoms. The van der Waals surface area contributed by atoms with Crippen LogP contribution in [0.3, 0.4) is 0 Å². The first kappa shape index (κ1) is 27.0. The number of rotatable bonds is 11. The van der Waals surface area contributed by atoms with Gasteiger partial charge in [0, 0.05) is 23.5 Å². The van der Waals surface area contributed by atoms with Crippen molar-refractivity contribution in [2.45, 2.75) is 50.7 Å². The molecule has 3 aromatic rings. The molecule has 0 aliphatic rings. The fourth-order valence-electron chi connectivity index (χ4n) is 4.02. The Kier molecular flexibility index (Phi) is 9.14. The second kappa shape index (κ2) is 11.9. The maximum absolute atomic E-state index is 11.3. The van der Waals surface area contributed by atoms with Gasteiger partial charge in [0.05, 0.1) is 11.7 Å². The van der Waals surface area contributed by atoms with Crippen LogP contribution in [-0.2, 0) is 6.42 Å². The first-order valence-corrected chi connectivity index (χ1v) is 12.6. The molecule has 0 saturated carbocycles. The van der Waals surface area contributed by atoms with E-state index in [1.165, 1.54) is 16.7 Å². The van der Waals surface area contributed by atoms with Crippen LogP contribution in [0.25, 0.3) is 11.1 Å². The lowest BCUT2D eigenvalue weighted by molar-refractivity contribution is 0.0697. The Balaban J connectivity index is 1.53. The molecule has 0 amide bonds. The number of aliphatic hydroxyl groups is 1. The smallest absolute Gasteiger partial charge is 0.335 e. The van der Waals surface area contributed by atoms with Gasteiger partial charge in [0.1, 0.15) is 0 Å². The van der Waals surface area contributed by atoms with Gasteiger partial charge in [-0.15, -0.1) is 0 Å². The van der Waals surface area contributed by atoms with Crippen molar-refractivity contribution in [1.82, 2.24) is 9.62 Å². The first-order valence-electron chi connectivity index (χ1n) is 11.8. The van der Waals surface area contributed by atoms with Gasteiger partial charge < -0.3 is 15.5 Å². The largest absolute Gasteiger partial charge is 0.478 e. The van der Waals surface area contributed by atoms with Gasteiger partial charge >= 0.3 is 5.97 Å². The third-order valence-electron chi connectivity index (χ3n) is 6.04. The molecule has 3 N–H and O–H groups in total. The Labute approximate surface area is 213 Å². The van der Waals surface area contributed by atoms with Gasteiger partial charge in [0.25, 0.3) is 0 Å². The number of carboxylic acid groups (broad SMARTS) is 1. The molecule has 0 saturated heterocycles. The van der Waals surface area contributed by atoms with E-state index < -0.39 is 12.1 Å². The van der Waals surface area contributed by atoms with Crippen LogP contribution in [0.1, 0.15) is 40.9 Å². The number of carbonyl (C=O) groups is 1. The average molecular weight is 493 g/mol. The van der Waals surface area contributed by atoms with Crippen LogP contribution in [0.2, 0.25) is 0 Å². The Morgan fingerprint density at radius 2 is 1.69 bits per heavy atom. The van der Waals surface area contributed by atoms with E-state index in [1.807, 2.05) is 41.7 Å². The van der Waals surface area contributed by atoms with Gasteiger partial charge in [-0.25, -0.2) is 9.10 Å². The van der Waals surface area contributed by atoms with Crippen molar-refractivity contribution in [2.24, 2.45) is 0 Å². The molecule has 1 atom stereocenters. The third kappa shape index (κ3) is 8.22. The van der Waals surface area contributed by atoms with E-state index >= 15 is 0 Å². The van der Waals surface area contributed by atoms with E-state index in [-0.39, 0.29) is 11.1 Å². The number of benzene rings is 3. The van der Waals surface area contributed by atoms with Gasteiger partial charge in [-0.2, -0.15) is 0 Å². The SMILES string of the molecule is Cc1ccc(CC(C)(C)NCC(O)CN(C)Sc2cccc(-c3cccc(C(=O)O)c3)c2)cc1C. The zero-order valence-corrected chi connectivity index (χ0v) is 22.0. The van der Waals surface area contributed by atoms with Crippen LogP contribution < -0.4 is 5.32 Å². The molecule has 0 bridgehead atoms. The first-order chi connectivity index (χ1) is 16.5. The topological polar surface area (TPSA) is 72.8 Å². The van der Waals surface area contributed by atoms with Crippen LogP contribution in [0.4, 0.5) is 0 Å². The van der Waals surface area contributed by atoms with Crippen LogP contribution >= 0.6 is 11.9 Å². The molecule has 3 aromatic carbocycles. The number of hydrogen-bond donors (Lipinski definition) is 3. The molecule has 0 aliphatic heterocycles. The standard InChI is InChI=1S/C29H36N2O3S/c1-20-12-13-22(14-21(20)2)17-29(3,4)30-18-26(32)19-31(5)35-27-11-7-9-24(16-27)23-8-6-10-25(15-23)28(33)34/h6-16,26,30,32H,17-19H2,1-5H3,(H,33,34). The minimum atomic E-state index is -0.933. The number of β-amino-alcohol motifs (C(OH)–C–C–N with tert-alkyl or cyclic N) is 1. The van der Waals surface area contributed by atoms with E-state index in [2.05, 4.69) is 51.2 Å². The summed E-state index contributed by atoms with van der Waals surface area (Å²) in [6.45, 7) is 9.61. The highest BCUT2D eigenvalue weighted by Gasteiger charge is 2.20. The summed E-state index contributed by atoms with van der Waals surface area (Å²) in [4.78, 5) is 12.3. The lowest BCUT2D eigenvalue weighted by Gasteiger charge is -2.29. The van der Waals surface area contributed by atoms with Gasteiger partial charge in [-0.1, -0.05) is 42.5 Å². The maximum atomic E-state index is 11.3. The van der Waals surface area contributed by atoms with Gasteiger partial charge in [0.2, 0.25) is 0 Å². The summed E-state index contributed by atoms with van der Waals surface area (Å²) in [5, 5.41) is 23.4. The number of aromatic carboxylic acids is 1. The molecule has 0 heterocycles. The normalized spacial score (nSPS) is 12.7. The average Bonchev–Trinajstić information content (AvgIpc) is 2.80. The van der Waals surface area contributed by atoms with Crippen LogP contribution in [0, 0.1) is 13.8 Å². The van der Waals surface area contributed by atoms with E-state index in [0.717, 1.165) is 22.4 Å². The van der Waals surface area contributed by atoms with E-state index in [4.69, 9.17) is 0 Å². The molecule has 3 rings (SSSR count). The fourth-order valence-corrected chi connectivity index (χ4v) is 4.95. The summed E-state index contributed by atoms with van der Waals surface area (Å²) in [5.74, 6) is -0.933. The number of aryl methyl sites for hydroxylation is 2. The van der Waals surface area contributed by atoms with Crippen molar-refractivity contribution < 1.29 is 15.0 Å². The maximum Gasteiger partial charge on any atom is 0.335 e. The number of carboxylic acids is 1. The molecule has 35 heavy (non-hydrogen) atoms. The minimum Gasteiger partial charge on any atom is -0.478 e. The van der Waals surface area contributed by atoms with Gasteiger partial charge in [-0.3, -0.25) is 0 Å². The highest BCUT2D eigenvalue weighted by Crippen LogP contribution is 2.28. The lowest BCUT2D eigenvalue weighted by atomic mass is 9.93. The Hall–Kier alpha value is -2.64. The summed E-state index contributed by atoms with van der Waals surface area (Å²) in [6, 6.07) is 21.5. The number of aliphatic hydroxyl groups excluding tert-OH is 1. The molecular formula is C29H36N2O3S. The predicted molar refractivity (Wildman–Crippen MR) is 145 cm³/mol. The van der Waals surface area contributed by atoms with Gasteiger partial charge in [-0.05, 0) is 105 Å². The van der Waals surface area contributed by atoms with Crippen LogP contribution in [0.5, 0.6) is 0 Å². The number of nitrogens with zero attached hydrogens (tertiary/aromatic N) is 1. The van der Waals surface area contributed by atoms with Crippen LogP contribution in [-0.4, -0.2) is 52.3 Å². The summed E-state index contributed by atoms with van der Waals surface area (Å²) >= 11 is 1.56. The van der Waals surface area contributed by atoms with Crippen molar-refractivity contribution in [3.8, 4) is 11.1 Å². The van der Waals surface area contributed by atoms with E-state index in [1.54, 1.807) is 30.1 Å². The molecule has 0 fully saturated rings. The quantitative estimate of drug-likeness (QED) is 0.304. The second-order valence-corrected chi connectivity index (χ2v) is 11.1. The molecule has 0 spiro atoms. The van der Waals surface area contributed by atoms with Crippen LogP contribution in [0.15, 0.2) is 71.6 Å². The summed E-state index contributed by atoms with van der Waals surface area (Å²) in [5.41, 5.74) is 5.86. The number of hydrogen-bond acceptors (Lipinski definition) is 5. The monoisotopic (exact) mass is 492 g/mol. The molecule has 0 aliphatic carbocycles. The number of likely N-dealkylation sites (N-methyl/N-ethyl adjacent to an activating group) is 1. The molecule has 5 nitrogen and oxygen atoms in total. The zero-order chi connectivity index (χ0) is 25.6. The lowest BCUT2D eigenvalue weighted by Crippen LogP contribution is -2.46. The third-order valence-corrected chi connectivity index (χ3v) is 6.97. The van der Waals surface area contributed by atoms with Crippen molar-refractivity contribution in [3.05, 3.63) is 89.0 Å². The molecule has 0 radical (unpaired) electrons. The molecular weight excluding hydrogens is 456 g/mol.